The van der Waals surface area contributed by atoms with Crippen LogP contribution in [0.15, 0.2) is 0 Å². The molecular formula is C16H23F3N2O6. The first-order valence-corrected chi connectivity index (χ1v) is 8.70. The van der Waals surface area contributed by atoms with E-state index < -0.39 is 24.5 Å². The molecule has 0 aromatic rings. The summed E-state index contributed by atoms with van der Waals surface area (Å²) < 4.78 is 49.6. The Morgan fingerprint density at radius 1 is 0.963 bits per heavy atom. The van der Waals surface area contributed by atoms with Crippen LogP contribution in [0.5, 0.6) is 0 Å². The highest BCUT2D eigenvalue weighted by atomic mass is 19.4. The van der Waals surface area contributed by atoms with Crippen molar-refractivity contribution in [3.8, 4) is 0 Å². The fourth-order valence-corrected chi connectivity index (χ4v) is 3.16. The van der Waals surface area contributed by atoms with E-state index >= 15 is 0 Å². The molecule has 0 atom stereocenters. The molecule has 8 nitrogen and oxygen atoms in total. The Morgan fingerprint density at radius 2 is 1.56 bits per heavy atom. The largest absolute Gasteiger partial charge is 0.522 e. The molecule has 2 aliphatic carbocycles. The molecular weight excluding hydrogens is 373 g/mol. The second-order valence-electron chi connectivity index (χ2n) is 6.70. The number of hydrogen-bond donors (Lipinski definition) is 2. The Hall–Kier alpha value is -1.88. The lowest BCUT2D eigenvalue weighted by Crippen LogP contribution is -2.48. The lowest BCUT2D eigenvalue weighted by Gasteiger charge is -2.34. The van der Waals surface area contributed by atoms with Crippen molar-refractivity contribution < 1.29 is 41.8 Å². The number of halogens is 3. The van der Waals surface area contributed by atoms with E-state index in [2.05, 4.69) is 20.3 Å². The fourth-order valence-electron chi connectivity index (χ4n) is 3.16. The fraction of sp³-hybridized carbons (Fsp3) is 0.812. The molecule has 27 heavy (non-hydrogen) atoms. The number of rotatable bonds is 6. The van der Waals surface area contributed by atoms with Crippen LogP contribution in [0.25, 0.3) is 0 Å². The molecule has 2 fully saturated rings. The van der Waals surface area contributed by atoms with E-state index in [0.717, 1.165) is 0 Å². The van der Waals surface area contributed by atoms with Gasteiger partial charge in [-0.15, -0.1) is 13.2 Å². The smallest absolute Gasteiger partial charge is 0.469 e. The molecule has 154 valence electrons. The maximum absolute atomic E-state index is 12.0. The number of amides is 2. The van der Waals surface area contributed by atoms with E-state index in [9.17, 15) is 27.6 Å². The number of hydrazine groups is 1. The standard InChI is InChI=1S/C16H23F3N2O6/c1-25-15(24)10-4-2-9(3-5-10)14(23)21-20-13(22)8-26-11-6-12(7-11)27-16(17,18)19/h9-12H,2-8H2,1H3,(H,20,22)(H,21,23). The van der Waals surface area contributed by atoms with Crippen molar-refractivity contribution in [2.45, 2.75) is 57.1 Å². The zero-order chi connectivity index (χ0) is 20.0. The summed E-state index contributed by atoms with van der Waals surface area (Å²) in [6.07, 6.45) is -3.86. The van der Waals surface area contributed by atoms with Crippen LogP contribution in [0, 0.1) is 11.8 Å². The Bertz CT molecular complexity index is 543. The Balaban J connectivity index is 1.56. The molecule has 0 radical (unpaired) electrons. The highest BCUT2D eigenvalue weighted by Gasteiger charge is 2.40. The maximum Gasteiger partial charge on any atom is 0.522 e. The molecule has 0 saturated heterocycles. The summed E-state index contributed by atoms with van der Waals surface area (Å²) in [5.74, 6) is -1.74. The lowest BCUT2D eigenvalue weighted by molar-refractivity contribution is -0.357. The number of ether oxygens (including phenoxy) is 3. The van der Waals surface area contributed by atoms with Gasteiger partial charge in [0.2, 0.25) is 5.91 Å². The lowest BCUT2D eigenvalue weighted by atomic mass is 9.82. The SMILES string of the molecule is COC(=O)C1CCC(C(=O)NNC(=O)COC2CC(OC(F)(F)F)C2)CC1. The summed E-state index contributed by atoms with van der Waals surface area (Å²) in [7, 11) is 1.33. The number of hydrogen-bond acceptors (Lipinski definition) is 6. The van der Waals surface area contributed by atoms with Crippen LogP contribution in [0.4, 0.5) is 13.2 Å². The molecule has 0 heterocycles. The van der Waals surface area contributed by atoms with E-state index in [0.29, 0.717) is 25.7 Å². The summed E-state index contributed by atoms with van der Waals surface area (Å²) in [4.78, 5) is 35.1. The number of carbonyl (C=O) groups excluding carboxylic acids is 3. The zero-order valence-electron chi connectivity index (χ0n) is 14.8. The number of carbonyl (C=O) groups is 3. The predicted molar refractivity (Wildman–Crippen MR) is 83.7 cm³/mol. The van der Waals surface area contributed by atoms with Gasteiger partial charge in [-0.25, -0.2) is 0 Å². The minimum Gasteiger partial charge on any atom is -0.469 e. The molecule has 11 heteroatoms. The molecule has 2 saturated carbocycles. The molecule has 0 bridgehead atoms. The van der Waals surface area contributed by atoms with Crippen molar-refractivity contribution in [2.75, 3.05) is 13.7 Å². The molecule has 2 aliphatic rings. The van der Waals surface area contributed by atoms with Crippen molar-refractivity contribution in [3.63, 3.8) is 0 Å². The highest BCUT2D eigenvalue weighted by Crippen LogP contribution is 2.32. The normalized spacial score (nSPS) is 28.0. The van der Waals surface area contributed by atoms with Crippen molar-refractivity contribution in [1.29, 1.82) is 0 Å². The van der Waals surface area contributed by atoms with Gasteiger partial charge in [0.15, 0.2) is 0 Å². The molecule has 0 unspecified atom stereocenters. The van der Waals surface area contributed by atoms with Gasteiger partial charge < -0.3 is 9.47 Å². The monoisotopic (exact) mass is 396 g/mol. The highest BCUT2D eigenvalue weighted by molar-refractivity contribution is 5.84. The van der Waals surface area contributed by atoms with E-state index in [-0.39, 0.29) is 43.2 Å². The second kappa shape index (κ2) is 9.36. The topological polar surface area (TPSA) is 103 Å². The van der Waals surface area contributed by atoms with E-state index in [1.165, 1.54) is 7.11 Å². The third kappa shape index (κ3) is 6.98. The molecule has 0 spiro atoms. The Labute approximate surface area is 154 Å². The number of alkyl halides is 3. The maximum atomic E-state index is 12.0. The number of nitrogens with one attached hydrogen (secondary N) is 2. The van der Waals surface area contributed by atoms with Crippen molar-refractivity contribution >= 4 is 17.8 Å². The minimum absolute atomic E-state index is 0.0581. The van der Waals surface area contributed by atoms with Gasteiger partial charge in [-0.3, -0.25) is 30.0 Å². The summed E-state index contributed by atoms with van der Waals surface area (Å²) >= 11 is 0. The van der Waals surface area contributed by atoms with Crippen LogP contribution in [0.3, 0.4) is 0 Å². The number of esters is 1. The molecule has 2 rings (SSSR count). The van der Waals surface area contributed by atoms with Gasteiger partial charge in [0.05, 0.1) is 25.2 Å². The molecule has 0 aromatic carbocycles. The molecule has 0 aromatic heterocycles. The minimum atomic E-state index is -4.67. The van der Waals surface area contributed by atoms with Gasteiger partial charge in [-0.1, -0.05) is 0 Å². The van der Waals surface area contributed by atoms with E-state index in [1.807, 2.05) is 0 Å². The summed E-state index contributed by atoms with van der Waals surface area (Å²) in [6.45, 7) is -0.376. The van der Waals surface area contributed by atoms with Gasteiger partial charge in [0.25, 0.3) is 5.91 Å². The van der Waals surface area contributed by atoms with Crippen molar-refractivity contribution in [3.05, 3.63) is 0 Å². The van der Waals surface area contributed by atoms with E-state index in [4.69, 9.17) is 4.74 Å². The summed E-state index contributed by atoms with van der Waals surface area (Å²) in [6, 6.07) is 0. The average molecular weight is 396 g/mol. The zero-order valence-corrected chi connectivity index (χ0v) is 14.8. The van der Waals surface area contributed by atoms with E-state index in [1.54, 1.807) is 0 Å². The van der Waals surface area contributed by atoms with Gasteiger partial charge in [0, 0.05) is 18.8 Å². The van der Waals surface area contributed by atoms with Gasteiger partial charge in [-0.05, 0) is 25.7 Å². The average Bonchev–Trinajstić information content (AvgIpc) is 2.59. The summed E-state index contributed by atoms with van der Waals surface area (Å²) in [5, 5.41) is 0. The first-order valence-electron chi connectivity index (χ1n) is 8.70. The van der Waals surface area contributed by atoms with Crippen molar-refractivity contribution in [2.24, 2.45) is 11.8 Å². The van der Waals surface area contributed by atoms with Crippen LogP contribution in [0.1, 0.15) is 38.5 Å². The summed E-state index contributed by atoms with van der Waals surface area (Å²) in [5.41, 5.74) is 4.51. The van der Waals surface area contributed by atoms with Gasteiger partial charge in [0.1, 0.15) is 6.61 Å². The second-order valence-corrected chi connectivity index (χ2v) is 6.70. The van der Waals surface area contributed by atoms with Gasteiger partial charge >= 0.3 is 12.3 Å². The van der Waals surface area contributed by atoms with Crippen LogP contribution < -0.4 is 10.9 Å². The number of methoxy groups -OCH3 is 1. The Morgan fingerprint density at radius 3 is 2.11 bits per heavy atom. The first kappa shape index (κ1) is 21.4. The predicted octanol–water partition coefficient (Wildman–Crippen LogP) is 1.20. The first-order chi connectivity index (χ1) is 12.7. The third-order valence-electron chi connectivity index (χ3n) is 4.76. The third-order valence-corrected chi connectivity index (χ3v) is 4.76. The van der Waals surface area contributed by atoms with Crippen molar-refractivity contribution in [1.82, 2.24) is 10.9 Å². The quantitative estimate of drug-likeness (QED) is 0.517. The van der Waals surface area contributed by atoms with Crippen LogP contribution in [-0.4, -0.2) is 50.1 Å². The molecule has 2 amide bonds. The van der Waals surface area contributed by atoms with Gasteiger partial charge in [-0.2, -0.15) is 0 Å². The Kier molecular flexibility index (Phi) is 7.42. The molecule has 0 aliphatic heterocycles. The van der Waals surface area contributed by atoms with Crippen LogP contribution in [-0.2, 0) is 28.6 Å². The molecule has 2 N–H and O–H groups in total. The van der Waals surface area contributed by atoms with Crippen LogP contribution in [0.2, 0.25) is 0 Å². The van der Waals surface area contributed by atoms with Crippen LogP contribution >= 0.6 is 0 Å².